The molecule has 144 valence electrons. The highest BCUT2D eigenvalue weighted by Gasteiger charge is 2.23. The smallest absolute Gasteiger partial charge is 0.224 e. The highest BCUT2D eigenvalue weighted by atomic mass is 16.5. The summed E-state index contributed by atoms with van der Waals surface area (Å²) in [5.74, 6) is -1.14. The summed E-state index contributed by atoms with van der Waals surface area (Å²) in [5, 5.41) is 23.6. The van der Waals surface area contributed by atoms with E-state index in [2.05, 4.69) is 17.2 Å². The second-order valence-corrected chi connectivity index (χ2v) is 5.77. The summed E-state index contributed by atoms with van der Waals surface area (Å²) >= 11 is 0. The quantitative estimate of drug-likeness (QED) is 0.302. The first kappa shape index (κ1) is 21.8. The van der Waals surface area contributed by atoms with Gasteiger partial charge in [0.05, 0.1) is 38.4 Å². The molecule has 0 unspecified atom stereocenters. The van der Waals surface area contributed by atoms with Gasteiger partial charge in [-0.1, -0.05) is 36.4 Å². The second kappa shape index (κ2) is 13.0. The topological polar surface area (TPSA) is 108 Å². The van der Waals surface area contributed by atoms with Crippen LogP contribution in [0.4, 0.5) is 0 Å². The summed E-state index contributed by atoms with van der Waals surface area (Å²) in [6, 6.07) is 8.64. The third-order valence-corrected chi connectivity index (χ3v) is 3.76. The van der Waals surface area contributed by atoms with Gasteiger partial charge in [0.25, 0.3) is 0 Å². The fourth-order valence-corrected chi connectivity index (χ4v) is 2.42. The van der Waals surface area contributed by atoms with Crippen LogP contribution in [-0.2, 0) is 14.3 Å². The highest BCUT2D eigenvalue weighted by molar-refractivity contribution is 5.86. The van der Waals surface area contributed by atoms with Crippen LogP contribution in [0.15, 0.2) is 43.0 Å². The van der Waals surface area contributed by atoms with Gasteiger partial charge in [0, 0.05) is 13.0 Å². The zero-order valence-electron chi connectivity index (χ0n) is 14.9. The van der Waals surface area contributed by atoms with Gasteiger partial charge in [-0.2, -0.15) is 0 Å². The van der Waals surface area contributed by atoms with E-state index in [0.29, 0.717) is 19.6 Å². The first-order valence-corrected chi connectivity index (χ1v) is 8.64. The molecule has 1 aromatic carbocycles. The molecule has 2 amide bonds. The van der Waals surface area contributed by atoms with E-state index in [-0.39, 0.29) is 38.1 Å². The number of hydrogen-bond donors (Lipinski definition) is 4. The van der Waals surface area contributed by atoms with E-state index < -0.39 is 12.0 Å². The number of nitrogens with one attached hydrogen (secondary N) is 2. The minimum atomic E-state index is -0.566. The van der Waals surface area contributed by atoms with Gasteiger partial charge in [0.1, 0.15) is 0 Å². The Balaban J connectivity index is 2.54. The third-order valence-electron chi connectivity index (χ3n) is 3.76. The van der Waals surface area contributed by atoms with E-state index in [4.69, 9.17) is 9.84 Å². The number of rotatable bonds is 13. The van der Waals surface area contributed by atoms with Crippen molar-refractivity contribution in [3.05, 3.63) is 48.6 Å². The monoisotopic (exact) mass is 364 g/mol. The van der Waals surface area contributed by atoms with Crippen LogP contribution in [0.1, 0.15) is 24.4 Å². The van der Waals surface area contributed by atoms with Crippen LogP contribution in [0.5, 0.6) is 0 Å². The number of aliphatic hydroxyl groups is 2. The molecule has 0 heterocycles. The lowest BCUT2D eigenvalue weighted by atomic mass is 9.98. The van der Waals surface area contributed by atoms with E-state index in [0.717, 1.165) is 5.56 Å². The number of allylic oxidation sites excluding steroid dienone is 1. The SMILES string of the molecule is C=CC[C@@H](CC(=O)NCCOCCO)C(=O)N[C@@H](CO)c1ccccc1. The summed E-state index contributed by atoms with van der Waals surface area (Å²) in [4.78, 5) is 24.5. The molecular formula is C19H28N2O5. The Labute approximate surface area is 154 Å². The van der Waals surface area contributed by atoms with Crippen LogP contribution in [0, 0.1) is 5.92 Å². The number of aliphatic hydroxyl groups excluding tert-OH is 2. The van der Waals surface area contributed by atoms with Gasteiger partial charge in [-0.05, 0) is 12.0 Å². The molecule has 0 radical (unpaired) electrons. The molecule has 1 rings (SSSR count). The molecule has 0 saturated heterocycles. The lowest BCUT2D eigenvalue weighted by Gasteiger charge is -2.21. The lowest BCUT2D eigenvalue weighted by molar-refractivity contribution is -0.131. The van der Waals surface area contributed by atoms with Gasteiger partial charge in [0.15, 0.2) is 0 Å². The Morgan fingerprint density at radius 3 is 2.54 bits per heavy atom. The first-order chi connectivity index (χ1) is 12.6. The van der Waals surface area contributed by atoms with E-state index in [1.807, 2.05) is 30.3 Å². The molecule has 2 atom stereocenters. The normalized spacial score (nSPS) is 12.8. The fraction of sp³-hybridized carbons (Fsp3) is 0.474. The largest absolute Gasteiger partial charge is 0.394 e. The predicted octanol–water partition coefficient (Wildman–Crippen LogP) is 0.544. The molecule has 0 aliphatic heterocycles. The molecule has 26 heavy (non-hydrogen) atoms. The molecule has 0 aromatic heterocycles. The zero-order chi connectivity index (χ0) is 19.2. The Bertz CT molecular complexity index is 550. The Morgan fingerprint density at radius 2 is 1.92 bits per heavy atom. The Kier molecular flexibility index (Phi) is 10.9. The predicted molar refractivity (Wildman–Crippen MR) is 98.2 cm³/mol. The summed E-state index contributed by atoms with van der Waals surface area (Å²) in [7, 11) is 0. The van der Waals surface area contributed by atoms with Crippen molar-refractivity contribution in [2.75, 3.05) is 33.0 Å². The van der Waals surface area contributed by atoms with Crippen molar-refractivity contribution in [2.45, 2.75) is 18.9 Å². The van der Waals surface area contributed by atoms with Crippen LogP contribution in [0.25, 0.3) is 0 Å². The second-order valence-electron chi connectivity index (χ2n) is 5.77. The maximum atomic E-state index is 12.5. The average molecular weight is 364 g/mol. The highest BCUT2D eigenvalue weighted by Crippen LogP contribution is 2.15. The molecule has 1 aromatic rings. The van der Waals surface area contributed by atoms with Crippen molar-refractivity contribution < 1.29 is 24.5 Å². The molecule has 0 fully saturated rings. The average Bonchev–Trinajstić information content (AvgIpc) is 2.66. The molecule has 7 heteroatoms. The minimum Gasteiger partial charge on any atom is -0.394 e. The summed E-state index contributed by atoms with van der Waals surface area (Å²) < 4.78 is 5.06. The van der Waals surface area contributed by atoms with Crippen LogP contribution < -0.4 is 10.6 Å². The van der Waals surface area contributed by atoms with Crippen LogP contribution in [0.2, 0.25) is 0 Å². The number of amides is 2. The number of ether oxygens (including phenoxy) is 1. The maximum Gasteiger partial charge on any atom is 0.224 e. The van der Waals surface area contributed by atoms with E-state index in [1.54, 1.807) is 6.08 Å². The summed E-state index contributed by atoms with van der Waals surface area (Å²) in [5.41, 5.74) is 0.797. The first-order valence-electron chi connectivity index (χ1n) is 8.64. The molecule has 0 aliphatic carbocycles. The lowest BCUT2D eigenvalue weighted by Crippen LogP contribution is -2.38. The number of benzene rings is 1. The van der Waals surface area contributed by atoms with Crippen molar-refractivity contribution in [1.29, 1.82) is 0 Å². The fourth-order valence-electron chi connectivity index (χ4n) is 2.42. The maximum absolute atomic E-state index is 12.5. The summed E-state index contributed by atoms with van der Waals surface area (Å²) in [6.07, 6.45) is 1.97. The standard InChI is InChI=1S/C19H28N2O5/c1-2-6-16(13-18(24)20-9-11-26-12-10-22)19(25)21-17(14-23)15-7-4-3-5-8-15/h2-5,7-8,16-17,22-23H,1,6,9-14H2,(H,20,24)(H,21,25)/t16-,17-/m0/s1. The molecule has 4 N–H and O–H groups in total. The van der Waals surface area contributed by atoms with Gasteiger partial charge in [-0.25, -0.2) is 0 Å². The zero-order valence-corrected chi connectivity index (χ0v) is 14.9. The van der Waals surface area contributed by atoms with Gasteiger partial charge < -0.3 is 25.6 Å². The molecule has 0 saturated carbocycles. The molecule has 7 nitrogen and oxygen atoms in total. The van der Waals surface area contributed by atoms with Crippen LogP contribution >= 0.6 is 0 Å². The van der Waals surface area contributed by atoms with Crippen LogP contribution in [0.3, 0.4) is 0 Å². The Morgan fingerprint density at radius 1 is 1.19 bits per heavy atom. The van der Waals surface area contributed by atoms with Gasteiger partial charge in [-0.15, -0.1) is 6.58 Å². The van der Waals surface area contributed by atoms with E-state index in [1.165, 1.54) is 0 Å². The number of carbonyl (C=O) groups is 2. The molecule has 0 spiro atoms. The molecule has 0 aliphatic rings. The van der Waals surface area contributed by atoms with Gasteiger partial charge in [-0.3, -0.25) is 9.59 Å². The van der Waals surface area contributed by atoms with Gasteiger partial charge >= 0.3 is 0 Å². The molecule has 0 bridgehead atoms. The molecular weight excluding hydrogens is 336 g/mol. The van der Waals surface area contributed by atoms with Crippen molar-refractivity contribution in [3.8, 4) is 0 Å². The van der Waals surface area contributed by atoms with Crippen molar-refractivity contribution >= 4 is 11.8 Å². The van der Waals surface area contributed by atoms with Crippen molar-refractivity contribution in [3.63, 3.8) is 0 Å². The van der Waals surface area contributed by atoms with Crippen molar-refractivity contribution in [1.82, 2.24) is 10.6 Å². The number of carbonyl (C=O) groups excluding carboxylic acids is 2. The van der Waals surface area contributed by atoms with E-state index >= 15 is 0 Å². The van der Waals surface area contributed by atoms with E-state index in [9.17, 15) is 14.7 Å². The van der Waals surface area contributed by atoms with Crippen LogP contribution in [-0.4, -0.2) is 55.0 Å². The number of hydrogen-bond acceptors (Lipinski definition) is 5. The minimum absolute atomic E-state index is 0.0186. The van der Waals surface area contributed by atoms with Crippen molar-refractivity contribution in [2.24, 2.45) is 5.92 Å². The summed E-state index contributed by atoms with van der Waals surface area (Å²) in [6.45, 7) is 4.17. The van der Waals surface area contributed by atoms with Gasteiger partial charge in [0.2, 0.25) is 11.8 Å². The Hall–Kier alpha value is -2.22. The third kappa shape index (κ3) is 8.24.